The van der Waals surface area contributed by atoms with Gasteiger partial charge in [-0.25, -0.2) is 0 Å². The monoisotopic (exact) mass is 256 g/mol. The minimum atomic E-state index is 0.109. The number of fused-ring (bicyclic) bond motifs is 1. The Labute approximate surface area is 112 Å². The van der Waals surface area contributed by atoms with Crippen LogP contribution in [0, 0.1) is 0 Å². The van der Waals surface area contributed by atoms with Gasteiger partial charge in [0.2, 0.25) is 5.91 Å². The lowest BCUT2D eigenvalue weighted by Crippen LogP contribution is -2.25. The number of carbonyl (C=O) groups is 1. The Morgan fingerprint density at radius 2 is 2.32 bits per heavy atom. The lowest BCUT2D eigenvalue weighted by atomic mass is 10.1. The maximum atomic E-state index is 11.5. The van der Waals surface area contributed by atoms with E-state index >= 15 is 0 Å². The second-order valence-electron chi connectivity index (χ2n) is 4.75. The first-order valence-electron chi connectivity index (χ1n) is 6.40. The van der Waals surface area contributed by atoms with Gasteiger partial charge in [0.25, 0.3) is 0 Å². The molecule has 0 fully saturated rings. The maximum Gasteiger partial charge on any atom is 0.223 e. The molecule has 1 aromatic heterocycles. The van der Waals surface area contributed by atoms with E-state index in [1.165, 1.54) is 5.56 Å². The summed E-state index contributed by atoms with van der Waals surface area (Å²) in [5, 5.41) is 3.36. The van der Waals surface area contributed by atoms with Crippen LogP contribution in [-0.4, -0.2) is 12.5 Å². The molecule has 1 aliphatic rings. The quantitative estimate of drug-likeness (QED) is 0.918. The fourth-order valence-corrected chi connectivity index (χ4v) is 2.44. The van der Waals surface area contributed by atoms with Crippen molar-refractivity contribution in [1.29, 1.82) is 0 Å². The highest BCUT2D eigenvalue weighted by Gasteiger charge is 2.21. The largest absolute Gasteiger partial charge is 0.472 e. The van der Waals surface area contributed by atoms with Crippen LogP contribution >= 0.6 is 0 Å². The zero-order valence-corrected chi connectivity index (χ0v) is 10.8. The fraction of sp³-hybridized carbons (Fsp3) is 0.267. The molecule has 1 aliphatic heterocycles. The van der Waals surface area contributed by atoms with Crippen molar-refractivity contribution < 1.29 is 9.21 Å². The van der Waals surface area contributed by atoms with Gasteiger partial charge in [-0.05, 0) is 36.2 Å². The molecule has 0 saturated carbocycles. The first-order valence-corrected chi connectivity index (χ1v) is 6.40. The van der Waals surface area contributed by atoms with Crippen LogP contribution < -0.4 is 10.2 Å². The minimum absolute atomic E-state index is 0.109. The van der Waals surface area contributed by atoms with E-state index in [2.05, 4.69) is 11.4 Å². The second-order valence-corrected chi connectivity index (χ2v) is 4.75. The van der Waals surface area contributed by atoms with Crippen molar-refractivity contribution in [2.75, 3.05) is 16.8 Å². The van der Waals surface area contributed by atoms with Crippen LogP contribution in [0.2, 0.25) is 0 Å². The van der Waals surface area contributed by atoms with E-state index in [1.54, 1.807) is 19.5 Å². The molecule has 0 saturated heterocycles. The number of hydrogen-bond acceptors (Lipinski definition) is 3. The summed E-state index contributed by atoms with van der Waals surface area (Å²) < 4.78 is 5.03. The molecule has 2 heterocycles. The highest BCUT2D eigenvalue weighted by molar-refractivity contribution is 5.94. The number of nitrogens with one attached hydrogen (secondary N) is 1. The molecule has 1 aromatic carbocycles. The zero-order chi connectivity index (χ0) is 13.2. The Kier molecular flexibility index (Phi) is 2.99. The van der Waals surface area contributed by atoms with Crippen LogP contribution in [0.25, 0.3) is 0 Å². The predicted molar refractivity (Wildman–Crippen MR) is 74.2 cm³/mol. The molecular weight excluding hydrogens is 240 g/mol. The Morgan fingerprint density at radius 3 is 3.05 bits per heavy atom. The molecule has 19 heavy (non-hydrogen) atoms. The van der Waals surface area contributed by atoms with Gasteiger partial charge in [0.1, 0.15) is 0 Å². The molecule has 0 bridgehead atoms. The van der Waals surface area contributed by atoms with Gasteiger partial charge in [-0.2, -0.15) is 0 Å². The highest BCUT2D eigenvalue weighted by Crippen LogP contribution is 2.30. The van der Waals surface area contributed by atoms with E-state index in [0.29, 0.717) is 0 Å². The van der Waals surface area contributed by atoms with Crippen molar-refractivity contribution >= 4 is 17.3 Å². The van der Waals surface area contributed by atoms with Crippen LogP contribution in [0.3, 0.4) is 0 Å². The highest BCUT2D eigenvalue weighted by atomic mass is 16.3. The zero-order valence-electron chi connectivity index (χ0n) is 10.8. The molecule has 1 N–H and O–H groups in total. The van der Waals surface area contributed by atoms with Crippen molar-refractivity contribution in [3.8, 4) is 0 Å². The summed E-state index contributed by atoms with van der Waals surface area (Å²) in [5.74, 6) is 0.109. The summed E-state index contributed by atoms with van der Waals surface area (Å²) >= 11 is 0. The molecule has 0 spiro atoms. The van der Waals surface area contributed by atoms with Gasteiger partial charge in [0.15, 0.2) is 0 Å². The standard InChI is InChI=1S/C15H16N2O2/c1-11(18)17-6-4-13-8-14(2-3-15(13)17)16-9-12-5-7-19-10-12/h2-3,5,7-8,10,16H,4,6,9H2,1H3. The van der Waals surface area contributed by atoms with Gasteiger partial charge in [-0.3, -0.25) is 4.79 Å². The average molecular weight is 256 g/mol. The molecule has 0 unspecified atom stereocenters. The van der Waals surface area contributed by atoms with E-state index in [9.17, 15) is 4.79 Å². The number of carbonyl (C=O) groups excluding carboxylic acids is 1. The SMILES string of the molecule is CC(=O)N1CCc2cc(NCc3ccoc3)ccc21. The third kappa shape index (κ3) is 2.34. The van der Waals surface area contributed by atoms with E-state index in [4.69, 9.17) is 4.42 Å². The summed E-state index contributed by atoms with van der Waals surface area (Å²) in [6.45, 7) is 3.14. The first kappa shape index (κ1) is 11.8. The number of rotatable bonds is 3. The summed E-state index contributed by atoms with van der Waals surface area (Å²) in [7, 11) is 0. The maximum absolute atomic E-state index is 11.5. The Hall–Kier alpha value is -2.23. The van der Waals surface area contributed by atoms with Crippen molar-refractivity contribution in [2.45, 2.75) is 19.9 Å². The van der Waals surface area contributed by atoms with Gasteiger partial charge >= 0.3 is 0 Å². The third-order valence-electron chi connectivity index (χ3n) is 3.43. The molecule has 0 radical (unpaired) electrons. The minimum Gasteiger partial charge on any atom is -0.472 e. The third-order valence-corrected chi connectivity index (χ3v) is 3.43. The molecule has 0 aliphatic carbocycles. The molecule has 0 atom stereocenters. The molecule has 2 aromatic rings. The summed E-state index contributed by atoms with van der Waals surface area (Å²) in [6, 6.07) is 8.10. The number of nitrogens with zero attached hydrogens (tertiary/aromatic N) is 1. The van der Waals surface area contributed by atoms with Gasteiger partial charge < -0.3 is 14.6 Å². The van der Waals surface area contributed by atoms with E-state index in [0.717, 1.165) is 36.4 Å². The summed E-state index contributed by atoms with van der Waals surface area (Å²) in [5.41, 5.74) is 4.46. The van der Waals surface area contributed by atoms with Crippen LogP contribution in [0.15, 0.2) is 41.2 Å². The average Bonchev–Trinajstić information content (AvgIpc) is 3.05. The second kappa shape index (κ2) is 4.80. The van der Waals surface area contributed by atoms with E-state index in [1.807, 2.05) is 23.1 Å². The molecule has 3 rings (SSSR count). The van der Waals surface area contributed by atoms with Gasteiger partial charge in [0, 0.05) is 37.0 Å². The lowest BCUT2D eigenvalue weighted by molar-refractivity contribution is -0.116. The summed E-state index contributed by atoms with van der Waals surface area (Å²) in [6.07, 6.45) is 4.33. The molecule has 98 valence electrons. The van der Waals surface area contributed by atoms with Gasteiger partial charge in [-0.1, -0.05) is 0 Å². The summed E-state index contributed by atoms with van der Waals surface area (Å²) in [4.78, 5) is 13.3. The van der Waals surface area contributed by atoms with Gasteiger partial charge in [0.05, 0.1) is 12.5 Å². The smallest absolute Gasteiger partial charge is 0.223 e. The molecular formula is C15H16N2O2. The first-order chi connectivity index (χ1) is 9.24. The predicted octanol–water partition coefficient (Wildman–Crippen LogP) is 2.80. The Bertz CT molecular complexity index is 590. The van der Waals surface area contributed by atoms with E-state index in [-0.39, 0.29) is 5.91 Å². The topological polar surface area (TPSA) is 45.5 Å². The van der Waals surface area contributed by atoms with Crippen LogP contribution in [0.1, 0.15) is 18.1 Å². The molecule has 1 amide bonds. The number of anilines is 2. The van der Waals surface area contributed by atoms with Crippen molar-refractivity contribution in [3.05, 3.63) is 47.9 Å². The number of hydrogen-bond donors (Lipinski definition) is 1. The molecule has 4 heteroatoms. The van der Waals surface area contributed by atoms with Crippen molar-refractivity contribution in [2.24, 2.45) is 0 Å². The van der Waals surface area contributed by atoms with Crippen LogP contribution in [-0.2, 0) is 17.8 Å². The normalized spacial score (nSPS) is 13.4. The number of furan rings is 1. The number of amides is 1. The van der Waals surface area contributed by atoms with E-state index < -0.39 is 0 Å². The Balaban J connectivity index is 1.74. The van der Waals surface area contributed by atoms with Crippen LogP contribution in [0.5, 0.6) is 0 Å². The lowest BCUT2D eigenvalue weighted by Gasteiger charge is -2.15. The molecule has 4 nitrogen and oxygen atoms in total. The van der Waals surface area contributed by atoms with Gasteiger partial charge in [-0.15, -0.1) is 0 Å². The van der Waals surface area contributed by atoms with Crippen molar-refractivity contribution in [1.82, 2.24) is 0 Å². The Morgan fingerprint density at radius 1 is 1.42 bits per heavy atom. The number of benzene rings is 1. The van der Waals surface area contributed by atoms with Crippen molar-refractivity contribution in [3.63, 3.8) is 0 Å². The fourth-order valence-electron chi connectivity index (χ4n) is 2.44. The van der Waals surface area contributed by atoms with Crippen LogP contribution in [0.4, 0.5) is 11.4 Å².